The molecule has 0 heterocycles. The molecular formula is C16H35NO2Si. The van der Waals surface area contributed by atoms with Crippen LogP contribution in [0.2, 0.25) is 18.1 Å². The van der Waals surface area contributed by atoms with Gasteiger partial charge in [-0.05, 0) is 38.4 Å². The number of unbranched alkanes of at least 4 members (excludes halogenated alkanes) is 1. The van der Waals surface area contributed by atoms with Crippen LogP contribution in [-0.4, -0.2) is 33.2 Å². The maximum Gasteiger partial charge on any atom is 0.196 e. The molecule has 1 aliphatic rings. The summed E-state index contributed by atoms with van der Waals surface area (Å²) in [5.74, 6) is 0.737. The molecule has 0 radical (unpaired) electrons. The van der Waals surface area contributed by atoms with E-state index in [1.54, 1.807) is 0 Å². The van der Waals surface area contributed by atoms with E-state index in [1.807, 2.05) is 0 Å². The van der Waals surface area contributed by atoms with Crippen LogP contribution in [-0.2, 0) is 4.43 Å². The molecule has 120 valence electrons. The lowest BCUT2D eigenvalue weighted by Gasteiger charge is -2.45. The summed E-state index contributed by atoms with van der Waals surface area (Å²) in [6.07, 6.45) is 9.99. The molecule has 3 nitrogen and oxygen atoms in total. The van der Waals surface area contributed by atoms with Crippen molar-refractivity contribution in [1.29, 1.82) is 0 Å². The van der Waals surface area contributed by atoms with Gasteiger partial charge >= 0.3 is 0 Å². The van der Waals surface area contributed by atoms with Gasteiger partial charge in [-0.1, -0.05) is 45.4 Å². The van der Waals surface area contributed by atoms with Crippen molar-refractivity contribution in [3.63, 3.8) is 0 Å². The molecule has 0 bridgehead atoms. The monoisotopic (exact) mass is 301 g/mol. The number of hydrogen-bond acceptors (Lipinski definition) is 3. The summed E-state index contributed by atoms with van der Waals surface area (Å²) in [6.45, 7) is 8.24. The van der Waals surface area contributed by atoms with Gasteiger partial charge in [-0.15, -0.1) is 0 Å². The molecule has 0 amide bonds. The van der Waals surface area contributed by atoms with Gasteiger partial charge < -0.3 is 15.3 Å². The Kier molecular flexibility index (Phi) is 7.73. The van der Waals surface area contributed by atoms with Crippen LogP contribution in [0.1, 0.15) is 58.3 Å². The van der Waals surface area contributed by atoms with Crippen molar-refractivity contribution in [3.8, 4) is 0 Å². The molecule has 0 spiro atoms. The average Bonchev–Trinajstić information content (AvgIpc) is 2.46. The minimum absolute atomic E-state index is 0.164. The minimum Gasteiger partial charge on any atom is -0.417 e. The summed E-state index contributed by atoms with van der Waals surface area (Å²) in [5.41, 5.74) is 6.12. The van der Waals surface area contributed by atoms with Crippen molar-refractivity contribution in [1.82, 2.24) is 0 Å². The maximum absolute atomic E-state index is 10.1. The number of aliphatic hydroxyl groups is 1. The Morgan fingerprint density at radius 3 is 2.40 bits per heavy atom. The fourth-order valence-corrected chi connectivity index (χ4v) is 6.08. The molecule has 4 heteroatoms. The van der Waals surface area contributed by atoms with Gasteiger partial charge in [0.25, 0.3) is 0 Å². The van der Waals surface area contributed by atoms with Crippen molar-refractivity contribution in [2.75, 3.05) is 19.8 Å². The summed E-state index contributed by atoms with van der Waals surface area (Å²) in [5, 5.41) is 9.91. The third-order valence-electron chi connectivity index (χ3n) is 5.34. The minimum atomic E-state index is -1.98. The molecule has 3 N–H and O–H groups in total. The SMILES string of the molecule is CCCCO[Si](C)(C)[C@@](CN)(CO)CC1CCCCC1. The maximum atomic E-state index is 10.1. The third-order valence-corrected chi connectivity index (χ3v) is 9.38. The molecule has 0 aromatic heterocycles. The lowest BCUT2D eigenvalue weighted by molar-refractivity contribution is 0.166. The van der Waals surface area contributed by atoms with Crippen LogP contribution in [0.3, 0.4) is 0 Å². The van der Waals surface area contributed by atoms with Crippen molar-refractivity contribution in [2.24, 2.45) is 11.7 Å². The first-order valence-corrected chi connectivity index (χ1v) is 11.4. The van der Waals surface area contributed by atoms with Gasteiger partial charge in [0.05, 0.1) is 0 Å². The average molecular weight is 302 g/mol. The van der Waals surface area contributed by atoms with Crippen molar-refractivity contribution < 1.29 is 9.53 Å². The molecular weight excluding hydrogens is 266 g/mol. The number of rotatable bonds is 9. The van der Waals surface area contributed by atoms with Gasteiger partial charge in [0, 0.05) is 18.3 Å². The lowest BCUT2D eigenvalue weighted by atomic mass is 9.82. The van der Waals surface area contributed by atoms with E-state index in [2.05, 4.69) is 20.0 Å². The van der Waals surface area contributed by atoms with E-state index in [0.29, 0.717) is 6.54 Å². The van der Waals surface area contributed by atoms with Gasteiger partial charge in [0.15, 0.2) is 8.32 Å². The topological polar surface area (TPSA) is 55.5 Å². The predicted molar refractivity (Wildman–Crippen MR) is 88.4 cm³/mol. The van der Waals surface area contributed by atoms with Crippen LogP contribution in [0.25, 0.3) is 0 Å². The second-order valence-corrected chi connectivity index (χ2v) is 11.4. The normalized spacial score (nSPS) is 20.9. The van der Waals surface area contributed by atoms with E-state index < -0.39 is 8.32 Å². The molecule has 1 fully saturated rings. The summed E-state index contributed by atoms with van der Waals surface area (Å²) in [6, 6.07) is 0. The van der Waals surface area contributed by atoms with E-state index in [1.165, 1.54) is 32.1 Å². The van der Waals surface area contributed by atoms with Crippen LogP contribution in [0.15, 0.2) is 0 Å². The second kappa shape index (κ2) is 8.52. The zero-order chi connectivity index (χ0) is 15.1. The largest absolute Gasteiger partial charge is 0.417 e. The highest BCUT2D eigenvalue weighted by Crippen LogP contribution is 2.46. The molecule has 0 aromatic rings. The highest BCUT2D eigenvalue weighted by molar-refractivity contribution is 6.74. The second-order valence-electron chi connectivity index (χ2n) is 7.06. The fraction of sp³-hybridized carbons (Fsp3) is 1.00. The number of aliphatic hydroxyl groups excluding tert-OH is 1. The number of hydrogen-bond donors (Lipinski definition) is 2. The summed E-state index contributed by atoms with van der Waals surface area (Å²) >= 11 is 0. The van der Waals surface area contributed by atoms with Crippen LogP contribution in [0.5, 0.6) is 0 Å². The van der Waals surface area contributed by atoms with Gasteiger partial charge in [0.1, 0.15) is 0 Å². The zero-order valence-electron chi connectivity index (χ0n) is 13.8. The summed E-state index contributed by atoms with van der Waals surface area (Å²) in [4.78, 5) is 0. The quantitative estimate of drug-likeness (QED) is 0.504. The molecule has 1 rings (SSSR count). The standard InChI is InChI=1S/C16H35NO2Si/c1-4-5-11-19-20(2,3)16(13-17,14-18)12-15-9-7-6-8-10-15/h15,18H,4-14,17H2,1-3H3/t16-/m0/s1. The van der Waals surface area contributed by atoms with Gasteiger partial charge in [-0.2, -0.15) is 0 Å². The summed E-state index contributed by atoms with van der Waals surface area (Å²) < 4.78 is 6.26. The third kappa shape index (κ3) is 4.55. The molecule has 20 heavy (non-hydrogen) atoms. The van der Waals surface area contributed by atoms with Gasteiger partial charge in [-0.3, -0.25) is 0 Å². The first-order chi connectivity index (χ1) is 9.51. The van der Waals surface area contributed by atoms with E-state index in [4.69, 9.17) is 10.2 Å². The Bertz CT molecular complexity index is 261. The molecule has 0 saturated heterocycles. The molecule has 1 aliphatic carbocycles. The van der Waals surface area contributed by atoms with Crippen LogP contribution >= 0.6 is 0 Å². The van der Waals surface area contributed by atoms with E-state index in [0.717, 1.165) is 31.8 Å². The first kappa shape index (κ1) is 18.1. The Morgan fingerprint density at radius 2 is 1.90 bits per heavy atom. The molecule has 0 aliphatic heterocycles. The zero-order valence-corrected chi connectivity index (χ0v) is 14.8. The van der Waals surface area contributed by atoms with Gasteiger partial charge in [-0.25, -0.2) is 0 Å². The summed E-state index contributed by atoms with van der Waals surface area (Å²) in [7, 11) is -1.98. The van der Waals surface area contributed by atoms with E-state index in [-0.39, 0.29) is 11.6 Å². The first-order valence-electron chi connectivity index (χ1n) is 8.46. The highest BCUT2D eigenvalue weighted by atomic mass is 28.4. The Hall–Kier alpha value is 0.0969. The smallest absolute Gasteiger partial charge is 0.196 e. The predicted octanol–water partition coefficient (Wildman–Crippen LogP) is 3.67. The van der Waals surface area contributed by atoms with Crippen LogP contribution < -0.4 is 5.73 Å². The molecule has 1 saturated carbocycles. The number of nitrogens with two attached hydrogens (primary N) is 1. The van der Waals surface area contributed by atoms with Crippen molar-refractivity contribution in [2.45, 2.75) is 76.4 Å². The fourth-order valence-electron chi connectivity index (χ4n) is 3.46. The van der Waals surface area contributed by atoms with E-state index >= 15 is 0 Å². The Morgan fingerprint density at radius 1 is 1.25 bits per heavy atom. The highest BCUT2D eigenvalue weighted by Gasteiger charge is 2.48. The molecule has 0 unspecified atom stereocenters. The molecule has 0 aromatic carbocycles. The Balaban J connectivity index is 2.71. The Labute approximate surface area is 126 Å². The van der Waals surface area contributed by atoms with Gasteiger partial charge in [0.2, 0.25) is 0 Å². The molecule has 1 atom stereocenters. The van der Waals surface area contributed by atoms with Crippen molar-refractivity contribution >= 4 is 8.32 Å². The van der Waals surface area contributed by atoms with Crippen LogP contribution in [0.4, 0.5) is 0 Å². The van der Waals surface area contributed by atoms with Crippen LogP contribution in [0, 0.1) is 5.92 Å². The lowest BCUT2D eigenvalue weighted by Crippen LogP contribution is -2.52. The van der Waals surface area contributed by atoms with E-state index in [9.17, 15) is 5.11 Å². The van der Waals surface area contributed by atoms with Crippen molar-refractivity contribution in [3.05, 3.63) is 0 Å².